The van der Waals surface area contributed by atoms with E-state index in [1.807, 2.05) is 16.9 Å². The first-order valence-corrected chi connectivity index (χ1v) is 7.70. The highest BCUT2D eigenvalue weighted by Gasteiger charge is 2.06. The SMILES string of the molecule is CC(Cn1cccn1)NCc1cc(Br)c(Br)s1. The first-order valence-electron chi connectivity index (χ1n) is 5.29. The Morgan fingerprint density at radius 1 is 1.53 bits per heavy atom. The minimum Gasteiger partial charge on any atom is -0.308 e. The third-order valence-electron chi connectivity index (χ3n) is 2.34. The number of nitrogens with one attached hydrogen (secondary N) is 1. The van der Waals surface area contributed by atoms with Gasteiger partial charge < -0.3 is 5.32 Å². The molecule has 0 aliphatic carbocycles. The third-order valence-corrected chi connectivity index (χ3v) is 5.60. The Hall–Kier alpha value is -0.170. The Kier molecular flexibility index (Phi) is 4.78. The molecule has 0 amide bonds. The van der Waals surface area contributed by atoms with Gasteiger partial charge in [-0.05, 0) is 50.9 Å². The molecule has 92 valence electrons. The fourth-order valence-electron chi connectivity index (χ4n) is 1.51. The molecular formula is C11H13Br2N3S. The topological polar surface area (TPSA) is 29.9 Å². The van der Waals surface area contributed by atoms with E-state index in [4.69, 9.17) is 0 Å². The van der Waals surface area contributed by atoms with Gasteiger partial charge in [0, 0.05) is 34.3 Å². The van der Waals surface area contributed by atoms with Gasteiger partial charge in [0.2, 0.25) is 0 Å². The molecule has 2 heterocycles. The molecule has 0 aromatic carbocycles. The van der Waals surface area contributed by atoms with Crippen LogP contribution in [0, 0.1) is 0 Å². The van der Waals surface area contributed by atoms with Gasteiger partial charge in [-0.15, -0.1) is 11.3 Å². The number of halogens is 2. The van der Waals surface area contributed by atoms with Gasteiger partial charge in [-0.3, -0.25) is 4.68 Å². The largest absolute Gasteiger partial charge is 0.308 e. The molecule has 0 fully saturated rings. The predicted molar refractivity (Wildman–Crippen MR) is 78.2 cm³/mol. The summed E-state index contributed by atoms with van der Waals surface area (Å²) in [6.45, 7) is 3.94. The van der Waals surface area contributed by atoms with Crippen molar-refractivity contribution < 1.29 is 0 Å². The van der Waals surface area contributed by atoms with E-state index >= 15 is 0 Å². The summed E-state index contributed by atoms with van der Waals surface area (Å²) in [6.07, 6.45) is 3.79. The highest BCUT2D eigenvalue weighted by Crippen LogP contribution is 2.32. The summed E-state index contributed by atoms with van der Waals surface area (Å²) in [7, 11) is 0. The van der Waals surface area contributed by atoms with Gasteiger partial charge >= 0.3 is 0 Å². The van der Waals surface area contributed by atoms with Crippen LogP contribution in [0.4, 0.5) is 0 Å². The molecule has 1 atom stereocenters. The van der Waals surface area contributed by atoms with Crippen LogP contribution in [0.2, 0.25) is 0 Å². The molecule has 3 nitrogen and oxygen atoms in total. The summed E-state index contributed by atoms with van der Waals surface area (Å²) >= 11 is 8.74. The van der Waals surface area contributed by atoms with E-state index in [9.17, 15) is 0 Å². The van der Waals surface area contributed by atoms with Crippen LogP contribution in [0.3, 0.4) is 0 Å². The molecule has 2 aromatic heterocycles. The molecule has 0 radical (unpaired) electrons. The second-order valence-corrected chi connectivity index (χ2v) is 7.15. The summed E-state index contributed by atoms with van der Waals surface area (Å²) in [4.78, 5) is 1.32. The highest BCUT2D eigenvalue weighted by atomic mass is 79.9. The van der Waals surface area contributed by atoms with Crippen molar-refractivity contribution >= 4 is 43.2 Å². The Labute approximate surface area is 121 Å². The lowest BCUT2D eigenvalue weighted by Gasteiger charge is -2.12. The van der Waals surface area contributed by atoms with Gasteiger partial charge in [-0.25, -0.2) is 0 Å². The molecule has 1 N–H and O–H groups in total. The minimum atomic E-state index is 0.398. The number of thiophene rings is 1. The van der Waals surface area contributed by atoms with Crippen molar-refractivity contribution in [1.82, 2.24) is 15.1 Å². The van der Waals surface area contributed by atoms with Crippen molar-refractivity contribution in [3.05, 3.63) is 37.7 Å². The molecule has 0 saturated heterocycles. The van der Waals surface area contributed by atoms with E-state index in [1.165, 1.54) is 4.88 Å². The molecule has 0 aliphatic rings. The number of hydrogen-bond donors (Lipinski definition) is 1. The van der Waals surface area contributed by atoms with Crippen molar-refractivity contribution in [3.63, 3.8) is 0 Å². The van der Waals surface area contributed by atoms with Gasteiger partial charge in [0.05, 0.1) is 10.3 Å². The van der Waals surface area contributed by atoms with Crippen LogP contribution in [0.1, 0.15) is 11.8 Å². The van der Waals surface area contributed by atoms with Crippen LogP contribution in [0.15, 0.2) is 32.8 Å². The van der Waals surface area contributed by atoms with E-state index in [0.29, 0.717) is 6.04 Å². The van der Waals surface area contributed by atoms with Crippen molar-refractivity contribution in [1.29, 1.82) is 0 Å². The van der Waals surface area contributed by atoms with E-state index in [0.717, 1.165) is 21.3 Å². The fourth-order valence-corrected chi connectivity index (χ4v) is 3.63. The molecule has 0 aliphatic heterocycles. The highest BCUT2D eigenvalue weighted by molar-refractivity contribution is 9.13. The van der Waals surface area contributed by atoms with Crippen LogP contribution in [-0.2, 0) is 13.1 Å². The van der Waals surface area contributed by atoms with E-state index < -0.39 is 0 Å². The van der Waals surface area contributed by atoms with Gasteiger partial charge in [0.15, 0.2) is 0 Å². The summed E-state index contributed by atoms with van der Waals surface area (Å²) in [5.41, 5.74) is 0. The second-order valence-electron chi connectivity index (χ2n) is 3.84. The molecule has 6 heteroatoms. The standard InChI is InChI=1S/C11H13Br2N3S/c1-8(7-16-4-2-3-15-16)14-6-9-5-10(12)11(13)17-9/h2-5,8,14H,6-7H2,1H3. The van der Waals surface area contributed by atoms with Crippen molar-refractivity contribution in [2.75, 3.05) is 0 Å². The number of hydrogen-bond acceptors (Lipinski definition) is 3. The molecule has 1 unspecified atom stereocenters. The van der Waals surface area contributed by atoms with Crippen LogP contribution < -0.4 is 5.32 Å². The zero-order chi connectivity index (χ0) is 12.3. The van der Waals surface area contributed by atoms with E-state index in [1.54, 1.807) is 17.5 Å². The molecular weight excluding hydrogens is 366 g/mol. The Balaban J connectivity index is 1.81. The minimum absolute atomic E-state index is 0.398. The predicted octanol–water partition coefficient (Wildman–Crippen LogP) is 3.65. The molecule has 0 bridgehead atoms. The molecule has 0 spiro atoms. The van der Waals surface area contributed by atoms with Gasteiger partial charge in [0.1, 0.15) is 0 Å². The van der Waals surface area contributed by atoms with Gasteiger partial charge in [-0.2, -0.15) is 5.10 Å². The number of aromatic nitrogens is 2. The Bertz CT molecular complexity index is 448. The van der Waals surface area contributed by atoms with Crippen molar-refractivity contribution in [2.45, 2.75) is 26.1 Å². The van der Waals surface area contributed by atoms with E-state index in [-0.39, 0.29) is 0 Å². The molecule has 0 saturated carbocycles. The normalized spacial score (nSPS) is 12.9. The van der Waals surface area contributed by atoms with Gasteiger partial charge in [-0.1, -0.05) is 0 Å². The van der Waals surface area contributed by atoms with Crippen molar-refractivity contribution in [2.24, 2.45) is 0 Å². The summed E-state index contributed by atoms with van der Waals surface area (Å²) in [5, 5.41) is 7.68. The lowest BCUT2D eigenvalue weighted by Crippen LogP contribution is -2.29. The zero-order valence-electron chi connectivity index (χ0n) is 9.36. The fraction of sp³-hybridized carbons (Fsp3) is 0.364. The first kappa shape index (κ1) is 13.3. The van der Waals surface area contributed by atoms with E-state index in [2.05, 4.69) is 55.3 Å². The molecule has 17 heavy (non-hydrogen) atoms. The van der Waals surface area contributed by atoms with Crippen LogP contribution in [-0.4, -0.2) is 15.8 Å². The van der Waals surface area contributed by atoms with Gasteiger partial charge in [0.25, 0.3) is 0 Å². The third kappa shape index (κ3) is 3.91. The van der Waals surface area contributed by atoms with Crippen LogP contribution in [0.25, 0.3) is 0 Å². The number of nitrogens with zero attached hydrogens (tertiary/aromatic N) is 2. The summed E-state index contributed by atoms with van der Waals surface area (Å²) in [5.74, 6) is 0. The Morgan fingerprint density at radius 3 is 2.94 bits per heavy atom. The smallest absolute Gasteiger partial charge is 0.0843 e. The maximum atomic E-state index is 4.19. The van der Waals surface area contributed by atoms with Crippen LogP contribution in [0.5, 0.6) is 0 Å². The molecule has 2 rings (SSSR count). The maximum absolute atomic E-state index is 4.19. The molecule has 2 aromatic rings. The van der Waals surface area contributed by atoms with Crippen LogP contribution >= 0.6 is 43.2 Å². The zero-order valence-corrected chi connectivity index (χ0v) is 13.3. The summed E-state index contributed by atoms with van der Waals surface area (Å²) < 4.78 is 4.21. The Morgan fingerprint density at radius 2 is 2.35 bits per heavy atom. The first-order chi connectivity index (χ1) is 8.15. The monoisotopic (exact) mass is 377 g/mol. The summed E-state index contributed by atoms with van der Waals surface area (Å²) in [6, 6.07) is 4.48. The maximum Gasteiger partial charge on any atom is 0.0843 e. The number of rotatable bonds is 5. The lowest BCUT2D eigenvalue weighted by molar-refractivity contribution is 0.452. The second kappa shape index (κ2) is 6.13. The average Bonchev–Trinajstić information content (AvgIpc) is 2.87. The average molecular weight is 379 g/mol. The van der Waals surface area contributed by atoms with Crippen molar-refractivity contribution in [3.8, 4) is 0 Å². The quantitative estimate of drug-likeness (QED) is 0.860. The lowest BCUT2D eigenvalue weighted by atomic mass is 10.3.